The average Bonchev–Trinajstić information content (AvgIpc) is 3.19. The summed E-state index contributed by atoms with van der Waals surface area (Å²) in [7, 11) is -2.57. The van der Waals surface area contributed by atoms with E-state index in [-0.39, 0.29) is 17.6 Å². The number of methoxy groups -OCH3 is 1. The minimum absolute atomic E-state index is 0.140. The molecule has 0 saturated heterocycles. The third-order valence-corrected chi connectivity index (χ3v) is 5.14. The third kappa shape index (κ3) is 3.69. The van der Waals surface area contributed by atoms with Gasteiger partial charge in [0, 0.05) is 25.9 Å². The van der Waals surface area contributed by atoms with Crippen molar-refractivity contribution in [1.29, 1.82) is 0 Å². The number of hydrogen-bond donors (Lipinski definition) is 2. The summed E-state index contributed by atoms with van der Waals surface area (Å²) in [5, 5.41) is 0. The number of nitrogens with one attached hydrogen (secondary N) is 1. The molecule has 0 bridgehead atoms. The van der Waals surface area contributed by atoms with E-state index >= 15 is 0 Å². The number of rotatable bonds is 7. The molecule has 0 atom stereocenters. The maximum absolute atomic E-state index is 13.6. The summed E-state index contributed by atoms with van der Waals surface area (Å²) in [6, 6.07) is 1.66. The molecule has 8 heteroatoms. The van der Waals surface area contributed by atoms with Gasteiger partial charge in [0.05, 0.1) is 0 Å². The van der Waals surface area contributed by atoms with Gasteiger partial charge >= 0.3 is 0 Å². The first-order chi connectivity index (χ1) is 9.80. The van der Waals surface area contributed by atoms with Gasteiger partial charge in [-0.25, -0.2) is 21.9 Å². The number of sulfonamides is 1. The maximum atomic E-state index is 13.6. The molecule has 1 fully saturated rings. The summed E-state index contributed by atoms with van der Waals surface area (Å²) in [6.45, 7) is 0.706. The van der Waals surface area contributed by atoms with E-state index in [1.54, 1.807) is 7.11 Å². The second-order valence-corrected chi connectivity index (χ2v) is 7.12. The summed E-state index contributed by atoms with van der Waals surface area (Å²) >= 11 is 0. The van der Waals surface area contributed by atoms with Gasteiger partial charge in [-0.3, -0.25) is 0 Å². The van der Waals surface area contributed by atoms with E-state index in [1.807, 2.05) is 0 Å². The smallest absolute Gasteiger partial charge is 0.243 e. The molecule has 0 spiro atoms. The molecule has 0 aliphatic heterocycles. The molecule has 0 heterocycles. The molecule has 1 aromatic carbocycles. The Bertz CT molecular complexity index is 631. The van der Waals surface area contributed by atoms with Crippen LogP contribution in [0.5, 0.6) is 0 Å². The van der Waals surface area contributed by atoms with E-state index in [1.165, 1.54) is 0 Å². The minimum atomic E-state index is -4.14. The van der Waals surface area contributed by atoms with E-state index in [4.69, 9.17) is 10.5 Å². The fourth-order valence-electron chi connectivity index (χ4n) is 2.12. The summed E-state index contributed by atoms with van der Waals surface area (Å²) < 4.78 is 58.4. The highest BCUT2D eigenvalue weighted by Crippen LogP contribution is 2.48. The fourth-order valence-corrected chi connectivity index (χ4v) is 3.39. The van der Waals surface area contributed by atoms with Crippen LogP contribution in [-0.4, -0.2) is 28.7 Å². The van der Waals surface area contributed by atoms with Crippen molar-refractivity contribution in [2.24, 2.45) is 5.41 Å². The normalized spacial score (nSPS) is 16.9. The van der Waals surface area contributed by atoms with Crippen LogP contribution in [0, 0.1) is 17.0 Å². The van der Waals surface area contributed by atoms with Gasteiger partial charge in [0.25, 0.3) is 0 Å². The van der Waals surface area contributed by atoms with Crippen LogP contribution in [0.2, 0.25) is 0 Å². The Hall–Kier alpha value is -1.25. The van der Waals surface area contributed by atoms with Crippen molar-refractivity contribution >= 4 is 15.7 Å². The highest BCUT2D eigenvalue weighted by molar-refractivity contribution is 7.89. The molecule has 1 saturated carbocycles. The largest absolute Gasteiger partial charge is 0.399 e. The molecule has 1 aliphatic rings. The molecule has 0 radical (unpaired) electrons. The molecule has 1 aromatic rings. The highest BCUT2D eigenvalue weighted by Gasteiger charge is 2.42. The number of benzene rings is 1. The Balaban J connectivity index is 2.13. The van der Waals surface area contributed by atoms with Gasteiger partial charge in [-0.05, 0) is 36.8 Å². The van der Waals surface area contributed by atoms with Crippen molar-refractivity contribution in [3.8, 4) is 0 Å². The Morgan fingerprint density at radius 3 is 2.62 bits per heavy atom. The standard InChI is InChI=1S/C13H18F2N2O3S/c1-20-5-4-13(2-3-13)8-17-21(18,19)11-7-9(16)6-10(14)12(11)15/h6-7,17H,2-5,8,16H2,1H3. The van der Waals surface area contributed by atoms with E-state index in [0.29, 0.717) is 6.61 Å². The molecule has 3 N–H and O–H groups in total. The summed E-state index contributed by atoms with van der Waals surface area (Å²) in [6.07, 6.45) is 2.49. The summed E-state index contributed by atoms with van der Waals surface area (Å²) in [4.78, 5) is -0.762. The van der Waals surface area contributed by atoms with Crippen molar-refractivity contribution in [3.05, 3.63) is 23.8 Å². The van der Waals surface area contributed by atoms with Crippen LogP contribution >= 0.6 is 0 Å². The molecule has 0 unspecified atom stereocenters. The van der Waals surface area contributed by atoms with Crippen molar-refractivity contribution in [1.82, 2.24) is 4.72 Å². The molecule has 5 nitrogen and oxygen atoms in total. The van der Waals surface area contributed by atoms with Crippen molar-refractivity contribution in [2.75, 3.05) is 26.0 Å². The van der Waals surface area contributed by atoms with Gasteiger partial charge in [0.2, 0.25) is 10.0 Å². The zero-order valence-electron chi connectivity index (χ0n) is 11.7. The zero-order chi connectivity index (χ0) is 15.7. The molecular weight excluding hydrogens is 302 g/mol. The van der Waals surface area contributed by atoms with Gasteiger partial charge in [-0.1, -0.05) is 0 Å². The lowest BCUT2D eigenvalue weighted by Crippen LogP contribution is -2.31. The first-order valence-corrected chi connectivity index (χ1v) is 8.01. The molecule has 0 amide bonds. The molecule has 118 valence electrons. The Kier molecular flexibility index (Phi) is 4.50. The predicted molar refractivity (Wildman–Crippen MR) is 74.1 cm³/mol. The fraction of sp³-hybridized carbons (Fsp3) is 0.538. The predicted octanol–water partition coefficient (Wildman–Crippen LogP) is 1.64. The van der Waals surface area contributed by atoms with Gasteiger partial charge in [-0.2, -0.15) is 0 Å². The van der Waals surface area contributed by atoms with Gasteiger partial charge in [0.1, 0.15) is 4.90 Å². The number of nitrogen functional groups attached to an aromatic ring is 1. The number of nitrogens with two attached hydrogens (primary N) is 1. The Labute approximate surface area is 122 Å². The first kappa shape index (κ1) is 16.1. The SMILES string of the molecule is COCCC1(CNS(=O)(=O)c2cc(N)cc(F)c2F)CC1. The molecule has 0 aromatic heterocycles. The topological polar surface area (TPSA) is 81.4 Å². The second kappa shape index (κ2) is 5.86. The highest BCUT2D eigenvalue weighted by atomic mass is 32.2. The van der Waals surface area contributed by atoms with Gasteiger partial charge in [-0.15, -0.1) is 0 Å². The lowest BCUT2D eigenvalue weighted by atomic mass is 10.0. The Morgan fingerprint density at radius 2 is 2.05 bits per heavy atom. The number of hydrogen-bond acceptors (Lipinski definition) is 4. The third-order valence-electron chi connectivity index (χ3n) is 3.74. The monoisotopic (exact) mass is 320 g/mol. The van der Waals surface area contributed by atoms with E-state index < -0.39 is 26.6 Å². The van der Waals surface area contributed by atoms with E-state index in [2.05, 4.69) is 4.72 Å². The number of ether oxygens (including phenoxy) is 1. The van der Waals surface area contributed by atoms with Crippen LogP contribution in [0.15, 0.2) is 17.0 Å². The van der Waals surface area contributed by atoms with Crippen LogP contribution in [-0.2, 0) is 14.8 Å². The number of halogens is 2. The van der Waals surface area contributed by atoms with Crippen LogP contribution < -0.4 is 10.5 Å². The molecule has 21 heavy (non-hydrogen) atoms. The van der Waals surface area contributed by atoms with Crippen LogP contribution in [0.1, 0.15) is 19.3 Å². The molecular formula is C13H18F2N2O3S. The maximum Gasteiger partial charge on any atom is 0.243 e. The van der Waals surface area contributed by atoms with Gasteiger partial charge in [0.15, 0.2) is 11.6 Å². The van der Waals surface area contributed by atoms with E-state index in [9.17, 15) is 17.2 Å². The van der Waals surface area contributed by atoms with Crippen LogP contribution in [0.4, 0.5) is 14.5 Å². The lowest BCUT2D eigenvalue weighted by molar-refractivity contribution is 0.173. The van der Waals surface area contributed by atoms with Gasteiger partial charge < -0.3 is 10.5 Å². The van der Waals surface area contributed by atoms with E-state index in [0.717, 1.165) is 31.4 Å². The van der Waals surface area contributed by atoms with Crippen LogP contribution in [0.25, 0.3) is 0 Å². The second-order valence-electron chi connectivity index (χ2n) is 5.38. The molecule has 1 aliphatic carbocycles. The average molecular weight is 320 g/mol. The molecule has 2 rings (SSSR count). The Morgan fingerprint density at radius 1 is 1.38 bits per heavy atom. The summed E-state index contributed by atoms with van der Waals surface area (Å²) in [5.74, 6) is -2.70. The van der Waals surface area contributed by atoms with Crippen molar-refractivity contribution in [3.63, 3.8) is 0 Å². The summed E-state index contributed by atoms with van der Waals surface area (Å²) in [5.41, 5.74) is 5.09. The minimum Gasteiger partial charge on any atom is -0.399 e. The lowest BCUT2D eigenvalue weighted by Gasteiger charge is -2.16. The van der Waals surface area contributed by atoms with Crippen LogP contribution in [0.3, 0.4) is 0 Å². The zero-order valence-corrected chi connectivity index (χ0v) is 12.5. The van der Waals surface area contributed by atoms with Crippen molar-refractivity contribution < 1.29 is 21.9 Å². The number of anilines is 1. The first-order valence-electron chi connectivity index (χ1n) is 6.53. The van der Waals surface area contributed by atoms with Crippen molar-refractivity contribution in [2.45, 2.75) is 24.2 Å². The quantitative estimate of drug-likeness (QED) is 0.748.